The lowest BCUT2D eigenvalue weighted by Crippen LogP contribution is -1.99. The summed E-state index contributed by atoms with van der Waals surface area (Å²) in [7, 11) is 1.67. The fourth-order valence-electron chi connectivity index (χ4n) is 2.47. The van der Waals surface area contributed by atoms with Crippen molar-refractivity contribution in [1.29, 1.82) is 0 Å². The van der Waals surface area contributed by atoms with Gasteiger partial charge in [-0.15, -0.1) is 5.10 Å². The SMILES string of the molecule is Cc1ccc(C(=Cc2nnnn2C)c2ccc(C)cc2F)c(F)c1. The van der Waals surface area contributed by atoms with E-state index >= 15 is 0 Å². The van der Waals surface area contributed by atoms with E-state index in [0.29, 0.717) is 22.5 Å². The first kappa shape index (κ1) is 16.0. The first-order valence-electron chi connectivity index (χ1n) is 7.43. The highest BCUT2D eigenvalue weighted by atomic mass is 19.1. The zero-order chi connectivity index (χ0) is 17.3. The van der Waals surface area contributed by atoms with E-state index in [1.807, 2.05) is 0 Å². The molecule has 0 amide bonds. The number of halogens is 2. The van der Waals surface area contributed by atoms with Crippen molar-refractivity contribution in [3.8, 4) is 0 Å². The van der Waals surface area contributed by atoms with E-state index in [2.05, 4.69) is 15.5 Å². The van der Waals surface area contributed by atoms with Crippen LogP contribution < -0.4 is 0 Å². The molecule has 0 unspecified atom stereocenters. The fourth-order valence-corrected chi connectivity index (χ4v) is 2.47. The van der Waals surface area contributed by atoms with E-state index in [0.717, 1.165) is 11.1 Å². The van der Waals surface area contributed by atoms with Gasteiger partial charge in [-0.2, -0.15) is 0 Å². The van der Waals surface area contributed by atoms with Crippen molar-refractivity contribution < 1.29 is 8.78 Å². The number of rotatable bonds is 3. The van der Waals surface area contributed by atoms with Gasteiger partial charge in [-0.3, -0.25) is 0 Å². The van der Waals surface area contributed by atoms with E-state index < -0.39 is 11.6 Å². The van der Waals surface area contributed by atoms with E-state index in [-0.39, 0.29) is 0 Å². The standard InChI is InChI=1S/C18H16F2N4/c1-11-4-6-13(16(19)8-11)15(10-18-21-22-23-24(18)3)14-7-5-12(2)9-17(14)20/h4-10H,1-3H3. The first-order chi connectivity index (χ1) is 11.5. The molecule has 3 rings (SSSR count). The molecule has 4 nitrogen and oxygen atoms in total. The van der Waals surface area contributed by atoms with Crippen LogP contribution in [-0.2, 0) is 7.05 Å². The van der Waals surface area contributed by atoms with E-state index in [1.54, 1.807) is 51.2 Å². The van der Waals surface area contributed by atoms with Crippen molar-refractivity contribution in [2.75, 3.05) is 0 Å². The maximum absolute atomic E-state index is 14.5. The largest absolute Gasteiger partial charge is 0.229 e. The third-order valence-electron chi connectivity index (χ3n) is 3.76. The molecule has 0 aliphatic carbocycles. The first-order valence-corrected chi connectivity index (χ1v) is 7.43. The number of benzene rings is 2. The van der Waals surface area contributed by atoms with Crippen LogP contribution >= 0.6 is 0 Å². The lowest BCUT2D eigenvalue weighted by Gasteiger charge is -2.12. The summed E-state index contributed by atoms with van der Waals surface area (Å²) in [5.74, 6) is -0.433. The Kier molecular flexibility index (Phi) is 4.20. The van der Waals surface area contributed by atoms with Crippen molar-refractivity contribution >= 4 is 11.6 Å². The van der Waals surface area contributed by atoms with Gasteiger partial charge in [0.15, 0.2) is 5.82 Å². The molecule has 0 saturated heterocycles. The van der Waals surface area contributed by atoms with Gasteiger partial charge in [0.05, 0.1) is 0 Å². The van der Waals surface area contributed by atoms with Gasteiger partial charge in [-0.1, -0.05) is 24.3 Å². The monoisotopic (exact) mass is 326 g/mol. The van der Waals surface area contributed by atoms with Crippen LogP contribution in [0.1, 0.15) is 28.1 Å². The van der Waals surface area contributed by atoms with Crippen molar-refractivity contribution in [3.63, 3.8) is 0 Å². The quantitative estimate of drug-likeness (QED) is 0.737. The minimum atomic E-state index is -0.420. The summed E-state index contributed by atoms with van der Waals surface area (Å²) >= 11 is 0. The van der Waals surface area contributed by atoms with E-state index in [9.17, 15) is 8.78 Å². The Morgan fingerprint density at radius 3 is 1.92 bits per heavy atom. The smallest absolute Gasteiger partial charge is 0.175 e. The maximum atomic E-state index is 14.5. The highest BCUT2D eigenvalue weighted by molar-refractivity contribution is 5.90. The third-order valence-corrected chi connectivity index (χ3v) is 3.76. The van der Waals surface area contributed by atoms with E-state index in [4.69, 9.17) is 0 Å². The van der Waals surface area contributed by atoms with Crippen molar-refractivity contribution in [2.24, 2.45) is 7.05 Å². The molecule has 0 saturated carbocycles. The fraction of sp³-hybridized carbons (Fsp3) is 0.167. The Morgan fingerprint density at radius 2 is 1.50 bits per heavy atom. The van der Waals surface area contributed by atoms with Crippen LogP contribution in [0.15, 0.2) is 36.4 Å². The van der Waals surface area contributed by atoms with Crippen LogP contribution in [0.5, 0.6) is 0 Å². The van der Waals surface area contributed by atoms with Crippen LogP contribution in [-0.4, -0.2) is 20.2 Å². The van der Waals surface area contributed by atoms with Gasteiger partial charge in [0, 0.05) is 18.2 Å². The van der Waals surface area contributed by atoms with Crippen LogP contribution in [0, 0.1) is 25.5 Å². The molecule has 0 N–H and O–H groups in total. The molecule has 24 heavy (non-hydrogen) atoms. The third kappa shape index (κ3) is 3.08. The molecule has 1 heterocycles. The van der Waals surface area contributed by atoms with Gasteiger partial charge < -0.3 is 0 Å². The summed E-state index contributed by atoms with van der Waals surface area (Å²) < 4.78 is 30.5. The number of nitrogens with zero attached hydrogens (tertiary/aromatic N) is 4. The summed E-state index contributed by atoms with van der Waals surface area (Å²) in [6.07, 6.45) is 1.58. The molecule has 2 aromatic carbocycles. The highest BCUT2D eigenvalue weighted by Gasteiger charge is 2.16. The minimum absolute atomic E-state index is 0.298. The number of tetrazole rings is 1. The molecule has 0 bridgehead atoms. The summed E-state index contributed by atoms with van der Waals surface area (Å²) in [6, 6.07) is 9.69. The summed E-state index contributed by atoms with van der Waals surface area (Å²) in [5, 5.41) is 11.2. The Hall–Kier alpha value is -2.89. The molecular weight excluding hydrogens is 310 g/mol. The lowest BCUT2D eigenvalue weighted by atomic mass is 9.95. The van der Waals surface area contributed by atoms with Gasteiger partial charge in [0.2, 0.25) is 0 Å². The zero-order valence-corrected chi connectivity index (χ0v) is 13.6. The second-order valence-corrected chi connectivity index (χ2v) is 5.69. The Bertz CT molecular complexity index is 875. The summed E-state index contributed by atoms with van der Waals surface area (Å²) in [5.41, 5.74) is 2.57. The molecule has 0 aliphatic heterocycles. The molecule has 0 radical (unpaired) electrons. The lowest BCUT2D eigenvalue weighted by molar-refractivity contribution is 0.617. The normalized spacial score (nSPS) is 10.7. The van der Waals surface area contributed by atoms with Gasteiger partial charge >= 0.3 is 0 Å². The molecule has 122 valence electrons. The van der Waals surface area contributed by atoms with Crippen molar-refractivity contribution in [3.05, 3.63) is 76.1 Å². The average Bonchev–Trinajstić information content (AvgIpc) is 2.91. The van der Waals surface area contributed by atoms with Crippen LogP contribution in [0.25, 0.3) is 11.6 Å². The summed E-state index contributed by atoms with van der Waals surface area (Å²) in [6.45, 7) is 3.60. The van der Waals surface area contributed by atoms with Gasteiger partial charge in [-0.05, 0) is 59.2 Å². The van der Waals surface area contributed by atoms with E-state index in [1.165, 1.54) is 16.8 Å². The Labute approximate surface area is 138 Å². The second-order valence-electron chi connectivity index (χ2n) is 5.69. The second kappa shape index (κ2) is 6.31. The van der Waals surface area contributed by atoms with Gasteiger partial charge in [-0.25, -0.2) is 13.5 Å². The molecule has 0 spiro atoms. The number of hydrogen-bond donors (Lipinski definition) is 0. The molecule has 0 aliphatic rings. The van der Waals surface area contributed by atoms with Crippen LogP contribution in [0.3, 0.4) is 0 Å². The minimum Gasteiger partial charge on any atom is -0.229 e. The molecule has 3 aromatic rings. The average molecular weight is 326 g/mol. The number of aromatic nitrogens is 4. The molecule has 0 fully saturated rings. The van der Waals surface area contributed by atoms with Crippen molar-refractivity contribution in [2.45, 2.75) is 13.8 Å². The van der Waals surface area contributed by atoms with Crippen LogP contribution in [0.2, 0.25) is 0 Å². The molecule has 6 heteroatoms. The van der Waals surface area contributed by atoms with Crippen LogP contribution in [0.4, 0.5) is 8.78 Å². The van der Waals surface area contributed by atoms with Crippen molar-refractivity contribution in [1.82, 2.24) is 20.2 Å². The predicted molar refractivity (Wildman–Crippen MR) is 88.0 cm³/mol. The zero-order valence-electron chi connectivity index (χ0n) is 13.6. The van der Waals surface area contributed by atoms with Gasteiger partial charge in [0.25, 0.3) is 0 Å². The predicted octanol–water partition coefficient (Wildman–Crippen LogP) is 3.69. The highest BCUT2D eigenvalue weighted by Crippen LogP contribution is 2.30. The molecule has 1 aromatic heterocycles. The molecular formula is C18H16F2N4. The molecule has 0 atom stereocenters. The topological polar surface area (TPSA) is 43.6 Å². The maximum Gasteiger partial charge on any atom is 0.175 e. The number of aryl methyl sites for hydroxylation is 3. The Balaban J connectivity index is 2.25. The Morgan fingerprint density at radius 1 is 0.958 bits per heavy atom. The summed E-state index contributed by atoms with van der Waals surface area (Å²) in [4.78, 5) is 0. The number of hydrogen-bond acceptors (Lipinski definition) is 3. The van der Waals surface area contributed by atoms with Gasteiger partial charge in [0.1, 0.15) is 11.6 Å².